The fraction of sp³-hybridized carbons (Fsp3) is 0.556. The van der Waals surface area contributed by atoms with Crippen molar-refractivity contribution in [3.05, 3.63) is 29.3 Å². The quantitative estimate of drug-likeness (QED) is 0.509. The minimum atomic E-state index is -2.11. The van der Waals surface area contributed by atoms with Gasteiger partial charge in [-0.15, -0.1) is 0 Å². The molecule has 0 heterocycles. The van der Waals surface area contributed by atoms with Crippen LogP contribution in [0.15, 0.2) is 12.1 Å². The fourth-order valence-electron chi connectivity index (χ4n) is 2.26. The lowest BCUT2D eigenvalue weighted by Crippen LogP contribution is -2.48. The highest BCUT2D eigenvalue weighted by Gasteiger charge is 2.31. The van der Waals surface area contributed by atoms with Crippen molar-refractivity contribution in [2.45, 2.75) is 65.2 Å². The molecule has 0 saturated heterocycles. The van der Waals surface area contributed by atoms with E-state index in [-0.39, 0.29) is 17.4 Å². The normalized spacial score (nSPS) is 12.9. The zero-order valence-corrected chi connectivity index (χ0v) is 16.8. The Morgan fingerprint density at radius 2 is 1.54 bits per heavy atom. The maximum absolute atomic E-state index is 13.7. The summed E-state index contributed by atoms with van der Waals surface area (Å²) in [6.45, 7) is 9.75. The van der Waals surface area contributed by atoms with Gasteiger partial charge in [-0.1, -0.05) is 0 Å². The summed E-state index contributed by atoms with van der Waals surface area (Å²) >= 11 is 0. The van der Waals surface area contributed by atoms with E-state index >= 15 is 0 Å². The highest BCUT2D eigenvalue weighted by atomic mass is 19.2. The lowest BCUT2D eigenvalue weighted by molar-refractivity contribution is -0.157. The van der Waals surface area contributed by atoms with Crippen molar-refractivity contribution in [2.75, 3.05) is 0 Å². The van der Waals surface area contributed by atoms with Crippen LogP contribution in [0.25, 0.3) is 0 Å². The average molecular weight is 401 g/mol. The number of esters is 1. The number of hydrogen-bond acceptors (Lipinski definition) is 6. The molecule has 0 spiro atoms. The molecule has 1 aromatic rings. The molecule has 0 fully saturated rings. The predicted molar refractivity (Wildman–Crippen MR) is 98.9 cm³/mol. The summed E-state index contributed by atoms with van der Waals surface area (Å²) in [5, 5.41) is 21.2. The van der Waals surface area contributed by atoms with Gasteiger partial charge >= 0.3 is 19.2 Å². The van der Waals surface area contributed by atoms with E-state index in [1.807, 2.05) is 0 Å². The van der Waals surface area contributed by atoms with Crippen LogP contribution < -0.4 is 10.8 Å². The molecule has 0 saturated carbocycles. The van der Waals surface area contributed by atoms with Gasteiger partial charge < -0.3 is 24.8 Å². The molecule has 7 nitrogen and oxygen atoms in total. The number of carbonyl (C=O) groups is 2. The van der Waals surface area contributed by atoms with Gasteiger partial charge in [-0.05, 0) is 64.7 Å². The van der Waals surface area contributed by atoms with Crippen LogP contribution in [0, 0.1) is 11.6 Å². The monoisotopic (exact) mass is 401 g/mol. The lowest BCUT2D eigenvalue weighted by atomic mass is 9.75. The van der Waals surface area contributed by atoms with E-state index in [2.05, 4.69) is 5.32 Å². The second kappa shape index (κ2) is 8.87. The van der Waals surface area contributed by atoms with Crippen LogP contribution >= 0.6 is 0 Å². The van der Waals surface area contributed by atoms with Crippen LogP contribution in [0.4, 0.5) is 13.6 Å². The zero-order chi connectivity index (χ0) is 21.9. The minimum Gasteiger partial charge on any atom is -0.458 e. The number of benzene rings is 1. The molecule has 0 aliphatic heterocycles. The van der Waals surface area contributed by atoms with Gasteiger partial charge in [-0.25, -0.2) is 18.4 Å². The number of nitrogens with one attached hydrogen (secondary N) is 1. The molecule has 0 aliphatic rings. The molecule has 1 amide bonds. The van der Waals surface area contributed by atoms with Gasteiger partial charge in [0, 0.05) is 6.42 Å². The molecule has 1 aromatic carbocycles. The first kappa shape index (κ1) is 23.8. The molecular formula is C18H26BF2NO6. The molecule has 156 valence electrons. The third-order valence-electron chi connectivity index (χ3n) is 3.27. The summed E-state index contributed by atoms with van der Waals surface area (Å²) in [6.07, 6.45) is -1.30. The van der Waals surface area contributed by atoms with Crippen LogP contribution in [0.2, 0.25) is 0 Å². The van der Waals surface area contributed by atoms with Gasteiger partial charge in [0.2, 0.25) is 0 Å². The second-order valence-corrected chi connectivity index (χ2v) is 8.28. The Morgan fingerprint density at radius 3 is 2.00 bits per heavy atom. The van der Waals surface area contributed by atoms with Crippen molar-refractivity contribution < 1.29 is 37.9 Å². The Balaban J connectivity index is 3.20. The number of carbonyl (C=O) groups excluding carboxylic acids is 2. The van der Waals surface area contributed by atoms with E-state index in [1.165, 1.54) is 0 Å². The SMILES string of the molecule is CC(C)(C)OC(=O)N[C@H](Cc1cc(F)c(F)cc1B(O)O)C(=O)OC(C)(C)C. The van der Waals surface area contributed by atoms with Crippen molar-refractivity contribution in [3.8, 4) is 0 Å². The molecule has 1 atom stereocenters. The van der Waals surface area contributed by atoms with Gasteiger partial charge in [0.25, 0.3) is 0 Å². The van der Waals surface area contributed by atoms with Crippen LogP contribution in [-0.2, 0) is 20.7 Å². The number of halogens is 2. The molecular weight excluding hydrogens is 375 g/mol. The van der Waals surface area contributed by atoms with Crippen molar-refractivity contribution in [1.29, 1.82) is 0 Å². The first-order valence-corrected chi connectivity index (χ1v) is 8.65. The zero-order valence-electron chi connectivity index (χ0n) is 16.8. The smallest absolute Gasteiger partial charge is 0.458 e. The van der Waals surface area contributed by atoms with E-state index in [1.54, 1.807) is 41.5 Å². The summed E-state index contributed by atoms with van der Waals surface area (Å²) < 4.78 is 37.5. The number of amides is 1. The lowest BCUT2D eigenvalue weighted by Gasteiger charge is -2.26. The molecule has 0 bridgehead atoms. The third kappa shape index (κ3) is 7.81. The first-order valence-electron chi connectivity index (χ1n) is 8.65. The van der Waals surface area contributed by atoms with Crippen LogP contribution in [0.1, 0.15) is 47.1 Å². The summed E-state index contributed by atoms with van der Waals surface area (Å²) in [6, 6.07) is 0.0177. The van der Waals surface area contributed by atoms with E-state index < -0.39 is 48.1 Å². The van der Waals surface area contributed by atoms with Gasteiger partial charge in [-0.2, -0.15) is 0 Å². The highest BCUT2D eigenvalue weighted by molar-refractivity contribution is 6.59. The van der Waals surface area contributed by atoms with E-state index in [9.17, 15) is 28.4 Å². The van der Waals surface area contributed by atoms with Crippen molar-refractivity contribution in [1.82, 2.24) is 5.32 Å². The van der Waals surface area contributed by atoms with Crippen molar-refractivity contribution in [2.24, 2.45) is 0 Å². The van der Waals surface area contributed by atoms with Crippen LogP contribution in [0.5, 0.6) is 0 Å². The topological polar surface area (TPSA) is 105 Å². The van der Waals surface area contributed by atoms with Crippen molar-refractivity contribution in [3.63, 3.8) is 0 Å². The van der Waals surface area contributed by atoms with E-state index in [4.69, 9.17) is 9.47 Å². The van der Waals surface area contributed by atoms with Crippen molar-refractivity contribution >= 4 is 24.6 Å². The standard InChI is InChI=1S/C18H26BF2NO6/c1-17(2,3)27-15(23)14(22-16(24)28-18(4,5)6)8-10-7-12(20)13(21)9-11(10)19(25)26/h7,9,14,25-26H,8H2,1-6H3,(H,22,24)/t14-/m1/s1. The van der Waals surface area contributed by atoms with E-state index in [0.29, 0.717) is 6.07 Å². The predicted octanol–water partition coefficient (Wildman–Crippen LogP) is 1.42. The molecule has 0 aromatic heterocycles. The maximum Gasteiger partial charge on any atom is 0.488 e. The second-order valence-electron chi connectivity index (χ2n) is 8.28. The Hall–Kier alpha value is -2.20. The largest absolute Gasteiger partial charge is 0.488 e. The fourth-order valence-corrected chi connectivity index (χ4v) is 2.26. The number of rotatable bonds is 5. The minimum absolute atomic E-state index is 0.0826. The molecule has 28 heavy (non-hydrogen) atoms. The average Bonchev–Trinajstić information content (AvgIpc) is 2.45. The molecule has 10 heteroatoms. The molecule has 0 unspecified atom stereocenters. The summed E-state index contributed by atoms with van der Waals surface area (Å²) in [5.41, 5.74) is -2.13. The molecule has 1 rings (SSSR count). The highest BCUT2D eigenvalue weighted by Crippen LogP contribution is 2.14. The Bertz CT molecular complexity index is 728. The number of ether oxygens (including phenoxy) is 2. The summed E-state index contributed by atoms with van der Waals surface area (Å²) in [7, 11) is -2.11. The third-order valence-corrected chi connectivity index (χ3v) is 3.27. The maximum atomic E-state index is 13.7. The summed E-state index contributed by atoms with van der Waals surface area (Å²) in [5.74, 6) is -3.36. The Kier molecular flexibility index (Phi) is 7.55. The Labute approximate surface area is 163 Å². The Morgan fingerprint density at radius 1 is 1.04 bits per heavy atom. The first-order chi connectivity index (χ1) is 12.6. The molecule has 3 N–H and O–H groups in total. The molecule has 0 aliphatic carbocycles. The van der Waals surface area contributed by atoms with Crippen LogP contribution in [0.3, 0.4) is 0 Å². The summed E-state index contributed by atoms with van der Waals surface area (Å²) in [4.78, 5) is 24.6. The number of hydrogen-bond donors (Lipinski definition) is 3. The van der Waals surface area contributed by atoms with Crippen LogP contribution in [-0.4, -0.2) is 46.5 Å². The van der Waals surface area contributed by atoms with Gasteiger partial charge in [0.1, 0.15) is 17.2 Å². The van der Waals surface area contributed by atoms with Gasteiger partial charge in [0.15, 0.2) is 11.6 Å². The van der Waals surface area contributed by atoms with E-state index in [0.717, 1.165) is 6.07 Å². The van der Waals surface area contributed by atoms with Gasteiger partial charge in [-0.3, -0.25) is 0 Å². The van der Waals surface area contributed by atoms with Gasteiger partial charge in [0.05, 0.1) is 0 Å². The number of alkyl carbamates (subject to hydrolysis) is 1. The molecule has 0 radical (unpaired) electrons.